The zero-order chi connectivity index (χ0) is 12.4. The smallest absolute Gasteiger partial charge is 0.402 e. The molecular formula is C11H23BClNO2. The van der Waals surface area contributed by atoms with Gasteiger partial charge in [0.15, 0.2) is 0 Å². The first kappa shape index (κ1) is 14.3. The SMILES string of the molecule is CCCCC(NCl)B1OC(C)(C)C(C)(C)O1. The van der Waals surface area contributed by atoms with Crippen molar-refractivity contribution in [1.82, 2.24) is 4.84 Å². The molecule has 94 valence electrons. The minimum absolute atomic E-state index is 0.0580. The summed E-state index contributed by atoms with van der Waals surface area (Å²) in [5.41, 5.74) is -0.564. The Morgan fingerprint density at radius 2 is 1.69 bits per heavy atom. The van der Waals surface area contributed by atoms with E-state index in [1.165, 1.54) is 0 Å². The predicted molar refractivity (Wildman–Crippen MR) is 68.4 cm³/mol. The average Bonchev–Trinajstić information content (AvgIpc) is 2.37. The van der Waals surface area contributed by atoms with E-state index in [-0.39, 0.29) is 24.3 Å². The Kier molecular flexibility index (Phi) is 4.70. The van der Waals surface area contributed by atoms with Crippen LogP contribution in [0.1, 0.15) is 53.9 Å². The van der Waals surface area contributed by atoms with Gasteiger partial charge in [-0.25, -0.2) is 4.84 Å². The molecule has 0 amide bonds. The van der Waals surface area contributed by atoms with Crippen LogP contribution in [0.5, 0.6) is 0 Å². The summed E-state index contributed by atoms with van der Waals surface area (Å²) in [4.78, 5) is 2.78. The fourth-order valence-electron chi connectivity index (χ4n) is 1.72. The molecule has 1 saturated heterocycles. The zero-order valence-corrected chi connectivity index (χ0v) is 11.7. The summed E-state index contributed by atoms with van der Waals surface area (Å²) in [6.45, 7) is 10.4. The van der Waals surface area contributed by atoms with Crippen molar-refractivity contribution in [3.8, 4) is 0 Å². The van der Waals surface area contributed by atoms with E-state index >= 15 is 0 Å². The molecule has 1 N–H and O–H groups in total. The fraction of sp³-hybridized carbons (Fsp3) is 1.00. The molecule has 0 aromatic heterocycles. The standard InChI is InChI=1S/C11H23BClNO2/c1-6-7-8-9(14-13)12-15-10(2,3)11(4,5)16-12/h9,14H,6-8H2,1-5H3. The molecule has 1 unspecified atom stereocenters. The molecule has 1 aliphatic heterocycles. The first-order valence-corrected chi connectivity index (χ1v) is 6.43. The molecule has 1 fully saturated rings. The second-order valence-electron chi connectivity index (χ2n) is 5.48. The Hall–Kier alpha value is 0.235. The van der Waals surface area contributed by atoms with E-state index in [4.69, 9.17) is 21.1 Å². The molecule has 5 heteroatoms. The van der Waals surface area contributed by atoms with Crippen LogP contribution in [0.25, 0.3) is 0 Å². The lowest BCUT2D eigenvalue weighted by Crippen LogP contribution is -2.41. The molecular weight excluding hydrogens is 224 g/mol. The van der Waals surface area contributed by atoms with Crippen molar-refractivity contribution < 1.29 is 9.31 Å². The Labute approximate surface area is 104 Å². The second-order valence-corrected chi connectivity index (χ2v) is 5.70. The van der Waals surface area contributed by atoms with Gasteiger partial charge in [0.05, 0.1) is 17.1 Å². The molecule has 0 aromatic carbocycles. The van der Waals surface area contributed by atoms with Crippen molar-refractivity contribution in [3.05, 3.63) is 0 Å². The van der Waals surface area contributed by atoms with Gasteiger partial charge in [0.2, 0.25) is 0 Å². The lowest BCUT2D eigenvalue weighted by molar-refractivity contribution is 0.00578. The molecule has 0 saturated carbocycles. The maximum atomic E-state index is 5.94. The van der Waals surface area contributed by atoms with E-state index in [1.54, 1.807) is 0 Å². The summed E-state index contributed by atoms with van der Waals surface area (Å²) in [5, 5.41) is 0. The minimum Gasteiger partial charge on any atom is -0.402 e. The largest absolute Gasteiger partial charge is 0.477 e. The van der Waals surface area contributed by atoms with Crippen LogP contribution in [-0.2, 0) is 9.31 Å². The summed E-state index contributed by atoms with van der Waals surface area (Å²) in [6.07, 6.45) is 3.24. The third kappa shape index (κ3) is 2.92. The summed E-state index contributed by atoms with van der Waals surface area (Å²) in [5.74, 6) is 0.0580. The van der Waals surface area contributed by atoms with Gasteiger partial charge in [-0.1, -0.05) is 19.8 Å². The molecule has 0 spiro atoms. The van der Waals surface area contributed by atoms with Crippen LogP contribution in [0.3, 0.4) is 0 Å². The summed E-state index contributed by atoms with van der Waals surface area (Å²) in [6, 6.07) is 0. The summed E-state index contributed by atoms with van der Waals surface area (Å²) < 4.78 is 11.9. The number of hydrogen-bond acceptors (Lipinski definition) is 3. The Morgan fingerprint density at radius 3 is 2.06 bits per heavy atom. The van der Waals surface area contributed by atoms with Crippen LogP contribution in [0, 0.1) is 0 Å². The summed E-state index contributed by atoms with van der Waals surface area (Å²) in [7, 11) is -0.256. The predicted octanol–water partition coefficient (Wildman–Crippen LogP) is 2.92. The van der Waals surface area contributed by atoms with E-state index in [9.17, 15) is 0 Å². The van der Waals surface area contributed by atoms with E-state index in [0.29, 0.717) is 0 Å². The monoisotopic (exact) mass is 247 g/mol. The van der Waals surface area contributed by atoms with Crippen molar-refractivity contribution in [3.63, 3.8) is 0 Å². The van der Waals surface area contributed by atoms with Crippen LogP contribution in [0.4, 0.5) is 0 Å². The van der Waals surface area contributed by atoms with Gasteiger partial charge in [0.25, 0.3) is 0 Å². The van der Waals surface area contributed by atoms with E-state index in [1.807, 2.05) is 0 Å². The van der Waals surface area contributed by atoms with Crippen molar-refractivity contribution in [2.45, 2.75) is 71.0 Å². The lowest BCUT2D eigenvalue weighted by atomic mass is 9.76. The molecule has 0 aromatic rings. The van der Waals surface area contributed by atoms with Crippen molar-refractivity contribution in [2.24, 2.45) is 0 Å². The maximum absolute atomic E-state index is 5.94. The topological polar surface area (TPSA) is 30.5 Å². The molecule has 3 nitrogen and oxygen atoms in total. The number of rotatable bonds is 5. The number of nitrogens with one attached hydrogen (secondary N) is 1. The highest BCUT2D eigenvalue weighted by molar-refractivity contribution is 6.48. The zero-order valence-electron chi connectivity index (χ0n) is 11.0. The lowest BCUT2D eigenvalue weighted by Gasteiger charge is -2.32. The quantitative estimate of drug-likeness (QED) is 0.599. The van der Waals surface area contributed by atoms with Gasteiger partial charge in [-0.05, 0) is 45.9 Å². The van der Waals surface area contributed by atoms with Crippen LogP contribution in [-0.4, -0.2) is 24.3 Å². The highest BCUT2D eigenvalue weighted by atomic mass is 35.5. The highest BCUT2D eigenvalue weighted by Gasteiger charge is 2.53. The van der Waals surface area contributed by atoms with Gasteiger partial charge in [0.1, 0.15) is 0 Å². The normalized spacial score (nSPS) is 24.8. The molecule has 1 atom stereocenters. The first-order valence-electron chi connectivity index (χ1n) is 6.06. The van der Waals surface area contributed by atoms with Gasteiger partial charge in [-0.2, -0.15) is 0 Å². The first-order chi connectivity index (χ1) is 7.34. The minimum atomic E-state index is -0.282. The third-order valence-corrected chi connectivity index (χ3v) is 3.89. The maximum Gasteiger partial charge on any atom is 0.477 e. The van der Waals surface area contributed by atoms with E-state index in [0.717, 1.165) is 19.3 Å². The number of halogens is 1. The third-order valence-electron chi connectivity index (χ3n) is 3.61. The molecule has 0 bridgehead atoms. The molecule has 0 aliphatic carbocycles. The molecule has 1 aliphatic rings. The van der Waals surface area contributed by atoms with E-state index < -0.39 is 0 Å². The van der Waals surface area contributed by atoms with Gasteiger partial charge in [-0.3, -0.25) is 0 Å². The average molecular weight is 248 g/mol. The Morgan fingerprint density at radius 1 is 1.19 bits per heavy atom. The van der Waals surface area contributed by atoms with Gasteiger partial charge < -0.3 is 9.31 Å². The summed E-state index contributed by atoms with van der Waals surface area (Å²) >= 11 is 5.76. The molecule has 16 heavy (non-hydrogen) atoms. The molecule has 1 rings (SSSR count). The van der Waals surface area contributed by atoms with E-state index in [2.05, 4.69) is 39.5 Å². The molecule has 0 radical (unpaired) electrons. The van der Waals surface area contributed by atoms with Crippen LogP contribution in [0.2, 0.25) is 0 Å². The van der Waals surface area contributed by atoms with Crippen LogP contribution >= 0.6 is 11.8 Å². The highest BCUT2D eigenvalue weighted by Crippen LogP contribution is 2.38. The second kappa shape index (κ2) is 5.26. The Bertz CT molecular complexity index is 220. The molecule has 1 heterocycles. The number of hydrogen-bond donors (Lipinski definition) is 1. The van der Waals surface area contributed by atoms with Crippen LogP contribution in [0.15, 0.2) is 0 Å². The number of unbranched alkanes of at least 4 members (excludes halogenated alkanes) is 1. The fourth-order valence-corrected chi connectivity index (χ4v) is 1.93. The van der Waals surface area contributed by atoms with Gasteiger partial charge >= 0.3 is 7.12 Å². The Balaban J connectivity index is 2.62. The van der Waals surface area contributed by atoms with Gasteiger partial charge in [0, 0.05) is 0 Å². The van der Waals surface area contributed by atoms with Crippen molar-refractivity contribution in [1.29, 1.82) is 0 Å². The van der Waals surface area contributed by atoms with Crippen LogP contribution < -0.4 is 4.84 Å². The van der Waals surface area contributed by atoms with Gasteiger partial charge in [-0.15, -0.1) is 0 Å². The van der Waals surface area contributed by atoms with Crippen molar-refractivity contribution in [2.75, 3.05) is 0 Å². The van der Waals surface area contributed by atoms with Crippen molar-refractivity contribution >= 4 is 18.9 Å².